The Morgan fingerprint density at radius 1 is 1.47 bits per heavy atom. The van der Waals surface area contributed by atoms with E-state index in [9.17, 15) is 4.79 Å². The summed E-state index contributed by atoms with van der Waals surface area (Å²) in [5, 5.41) is 2.98. The van der Waals surface area contributed by atoms with Gasteiger partial charge in [0.15, 0.2) is 0 Å². The first-order chi connectivity index (χ1) is 9.10. The monoisotopic (exact) mass is 262 g/mol. The zero-order valence-corrected chi connectivity index (χ0v) is 11.6. The maximum absolute atomic E-state index is 12.0. The highest BCUT2D eigenvalue weighted by Gasteiger charge is 2.27. The van der Waals surface area contributed by atoms with Crippen molar-refractivity contribution < 1.29 is 9.53 Å². The number of carbonyl (C=O) groups excluding carboxylic acids is 1. The van der Waals surface area contributed by atoms with E-state index in [-0.39, 0.29) is 17.9 Å². The van der Waals surface area contributed by atoms with Gasteiger partial charge in [-0.1, -0.05) is 12.1 Å². The Balaban J connectivity index is 1.93. The average Bonchev–Trinajstić information content (AvgIpc) is 2.83. The number of nitrogens with one attached hydrogen (secondary N) is 1. The lowest BCUT2D eigenvalue weighted by Crippen LogP contribution is -2.30. The lowest BCUT2D eigenvalue weighted by molar-refractivity contribution is -0.125. The molecule has 2 rings (SSSR count). The summed E-state index contributed by atoms with van der Waals surface area (Å²) in [5.41, 5.74) is 7.98. The summed E-state index contributed by atoms with van der Waals surface area (Å²) in [4.78, 5) is 12.0. The number of aryl methyl sites for hydroxylation is 1. The summed E-state index contributed by atoms with van der Waals surface area (Å²) in [6, 6.07) is 6.18. The number of carbonyl (C=O) groups is 1. The molecular weight excluding hydrogens is 240 g/mol. The fraction of sp³-hybridized carbons (Fsp3) is 0.533. The van der Waals surface area contributed by atoms with Crippen molar-refractivity contribution in [2.24, 2.45) is 11.7 Å². The quantitative estimate of drug-likeness (QED) is 0.869. The lowest BCUT2D eigenvalue weighted by atomic mass is 10.1. The van der Waals surface area contributed by atoms with Crippen LogP contribution >= 0.6 is 0 Å². The average molecular weight is 262 g/mol. The van der Waals surface area contributed by atoms with Gasteiger partial charge in [-0.3, -0.25) is 4.79 Å². The van der Waals surface area contributed by atoms with Crippen LogP contribution in [-0.4, -0.2) is 19.1 Å². The van der Waals surface area contributed by atoms with Gasteiger partial charge in [0, 0.05) is 24.1 Å². The molecule has 0 aromatic heterocycles. The maximum atomic E-state index is 12.0. The van der Waals surface area contributed by atoms with Crippen LogP contribution in [0.2, 0.25) is 0 Å². The third kappa shape index (κ3) is 3.47. The van der Waals surface area contributed by atoms with Crippen molar-refractivity contribution in [3.63, 3.8) is 0 Å². The van der Waals surface area contributed by atoms with E-state index in [0.29, 0.717) is 6.54 Å². The summed E-state index contributed by atoms with van der Waals surface area (Å²) in [6.45, 7) is 2.53. The molecule has 1 fully saturated rings. The van der Waals surface area contributed by atoms with Gasteiger partial charge in [-0.25, -0.2) is 0 Å². The van der Waals surface area contributed by atoms with Crippen molar-refractivity contribution in [3.8, 4) is 5.75 Å². The van der Waals surface area contributed by atoms with Gasteiger partial charge in [-0.2, -0.15) is 0 Å². The second kappa shape index (κ2) is 6.06. The van der Waals surface area contributed by atoms with Gasteiger partial charge in [0.1, 0.15) is 5.75 Å². The number of ether oxygens (including phenoxy) is 1. The molecule has 3 N–H and O–H groups in total. The fourth-order valence-corrected chi connectivity index (χ4v) is 2.58. The predicted octanol–water partition coefficient (Wildman–Crippen LogP) is 1.75. The molecule has 0 bridgehead atoms. The number of benzene rings is 1. The molecule has 0 saturated heterocycles. The first kappa shape index (κ1) is 13.9. The smallest absolute Gasteiger partial charge is 0.223 e. The number of nitrogens with two attached hydrogens (primary N) is 1. The van der Waals surface area contributed by atoms with E-state index >= 15 is 0 Å². The molecule has 1 aliphatic rings. The van der Waals surface area contributed by atoms with Crippen LogP contribution in [0.1, 0.15) is 30.4 Å². The second-order valence-electron chi connectivity index (χ2n) is 5.30. The number of hydrogen-bond acceptors (Lipinski definition) is 3. The van der Waals surface area contributed by atoms with E-state index in [0.717, 1.165) is 36.1 Å². The van der Waals surface area contributed by atoms with Crippen LogP contribution in [0, 0.1) is 12.8 Å². The Labute approximate surface area is 114 Å². The van der Waals surface area contributed by atoms with Crippen molar-refractivity contribution in [2.75, 3.05) is 7.11 Å². The standard InChI is InChI=1S/C15H22N2O2/c1-10-3-4-12(14(7-10)19-2)9-17-15(18)11-5-6-13(16)8-11/h3-4,7,11,13H,5-6,8-9,16H2,1-2H3,(H,17,18). The van der Waals surface area contributed by atoms with Crippen molar-refractivity contribution in [3.05, 3.63) is 29.3 Å². The van der Waals surface area contributed by atoms with Crippen molar-refractivity contribution >= 4 is 5.91 Å². The van der Waals surface area contributed by atoms with E-state index in [2.05, 4.69) is 5.32 Å². The molecule has 0 spiro atoms. The number of amides is 1. The third-order valence-corrected chi connectivity index (χ3v) is 3.74. The van der Waals surface area contributed by atoms with Gasteiger partial charge in [0.2, 0.25) is 5.91 Å². The highest BCUT2D eigenvalue weighted by molar-refractivity contribution is 5.79. The molecule has 1 aromatic rings. The van der Waals surface area contributed by atoms with Crippen LogP contribution in [-0.2, 0) is 11.3 Å². The number of rotatable bonds is 4. The van der Waals surface area contributed by atoms with E-state index in [4.69, 9.17) is 10.5 Å². The summed E-state index contributed by atoms with van der Waals surface area (Å²) in [5.74, 6) is 1.01. The van der Waals surface area contributed by atoms with Crippen molar-refractivity contribution in [2.45, 2.75) is 38.8 Å². The van der Waals surface area contributed by atoms with Gasteiger partial charge in [-0.15, -0.1) is 0 Å². The molecule has 19 heavy (non-hydrogen) atoms. The minimum absolute atomic E-state index is 0.0754. The van der Waals surface area contributed by atoms with E-state index in [1.807, 2.05) is 25.1 Å². The molecular formula is C15H22N2O2. The Bertz CT molecular complexity index is 459. The minimum atomic E-state index is 0.0754. The van der Waals surface area contributed by atoms with E-state index < -0.39 is 0 Å². The van der Waals surface area contributed by atoms with Crippen LogP contribution in [0.3, 0.4) is 0 Å². The van der Waals surface area contributed by atoms with Gasteiger partial charge >= 0.3 is 0 Å². The fourth-order valence-electron chi connectivity index (χ4n) is 2.58. The molecule has 0 aliphatic heterocycles. The molecule has 2 atom stereocenters. The molecule has 1 aliphatic carbocycles. The first-order valence-electron chi connectivity index (χ1n) is 6.77. The molecule has 104 valence electrons. The lowest BCUT2D eigenvalue weighted by Gasteiger charge is -2.13. The van der Waals surface area contributed by atoms with Gasteiger partial charge in [0.25, 0.3) is 0 Å². The highest BCUT2D eigenvalue weighted by atomic mass is 16.5. The minimum Gasteiger partial charge on any atom is -0.496 e. The second-order valence-corrected chi connectivity index (χ2v) is 5.30. The Morgan fingerprint density at radius 3 is 2.89 bits per heavy atom. The Hall–Kier alpha value is -1.55. The molecule has 4 nitrogen and oxygen atoms in total. The predicted molar refractivity (Wildman–Crippen MR) is 74.9 cm³/mol. The summed E-state index contributed by atoms with van der Waals surface area (Å²) >= 11 is 0. The Morgan fingerprint density at radius 2 is 2.26 bits per heavy atom. The SMILES string of the molecule is COc1cc(C)ccc1CNC(=O)C1CCC(N)C1. The van der Waals surface area contributed by atoms with Crippen LogP contribution < -0.4 is 15.8 Å². The summed E-state index contributed by atoms with van der Waals surface area (Å²) in [7, 11) is 1.65. The topological polar surface area (TPSA) is 64.3 Å². The molecule has 1 amide bonds. The Kier molecular flexibility index (Phi) is 4.43. The van der Waals surface area contributed by atoms with Gasteiger partial charge in [0.05, 0.1) is 7.11 Å². The van der Waals surface area contributed by atoms with Crippen LogP contribution in [0.15, 0.2) is 18.2 Å². The van der Waals surface area contributed by atoms with Gasteiger partial charge in [-0.05, 0) is 37.8 Å². The largest absolute Gasteiger partial charge is 0.496 e. The molecule has 2 unspecified atom stereocenters. The van der Waals surface area contributed by atoms with Crippen LogP contribution in [0.5, 0.6) is 5.75 Å². The molecule has 0 heterocycles. The van der Waals surface area contributed by atoms with Crippen LogP contribution in [0.25, 0.3) is 0 Å². The van der Waals surface area contributed by atoms with Crippen molar-refractivity contribution in [1.29, 1.82) is 0 Å². The highest BCUT2D eigenvalue weighted by Crippen LogP contribution is 2.25. The molecule has 0 radical (unpaired) electrons. The molecule has 4 heteroatoms. The zero-order chi connectivity index (χ0) is 13.8. The van der Waals surface area contributed by atoms with E-state index in [1.165, 1.54) is 0 Å². The van der Waals surface area contributed by atoms with Crippen LogP contribution in [0.4, 0.5) is 0 Å². The summed E-state index contributed by atoms with van der Waals surface area (Å²) < 4.78 is 5.33. The number of methoxy groups -OCH3 is 1. The maximum Gasteiger partial charge on any atom is 0.223 e. The van der Waals surface area contributed by atoms with E-state index in [1.54, 1.807) is 7.11 Å². The number of hydrogen-bond donors (Lipinski definition) is 2. The van der Waals surface area contributed by atoms with Crippen molar-refractivity contribution in [1.82, 2.24) is 5.32 Å². The molecule has 1 saturated carbocycles. The zero-order valence-electron chi connectivity index (χ0n) is 11.6. The molecule has 1 aromatic carbocycles. The third-order valence-electron chi connectivity index (χ3n) is 3.74. The first-order valence-corrected chi connectivity index (χ1v) is 6.77. The normalized spacial score (nSPS) is 22.3. The van der Waals surface area contributed by atoms with Gasteiger partial charge < -0.3 is 15.8 Å². The summed E-state index contributed by atoms with van der Waals surface area (Å²) in [6.07, 6.45) is 2.65.